The van der Waals surface area contributed by atoms with E-state index in [1.807, 2.05) is 6.92 Å². The van der Waals surface area contributed by atoms with E-state index >= 15 is 0 Å². The van der Waals surface area contributed by atoms with E-state index < -0.39 is 10.0 Å². The molecule has 0 aliphatic rings. The summed E-state index contributed by atoms with van der Waals surface area (Å²) >= 11 is 0. The molecule has 0 spiro atoms. The Morgan fingerprint density at radius 2 is 1.90 bits per heavy atom. The van der Waals surface area contributed by atoms with Gasteiger partial charge in [-0.05, 0) is 26.8 Å². The molecule has 0 fully saturated rings. The van der Waals surface area contributed by atoms with Gasteiger partial charge in [-0.25, -0.2) is 12.7 Å². The molecule has 0 aliphatic carbocycles. The van der Waals surface area contributed by atoms with Crippen LogP contribution in [0.2, 0.25) is 0 Å². The summed E-state index contributed by atoms with van der Waals surface area (Å²) in [5, 5.41) is 7.70. The van der Waals surface area contributed by atoms with E-state index in [0.29, 0.717) is 22.3 Å². The van der Waals surface area contributed by atoms with Crippen molar-refractivity contribution in [2.45, 2.75) is 51.6 Å². The van der Waals surface area contributed by atoms with Crippen LogP contribution < -0.4 is 5.32 Å². The van der Waals surface area contributed by atoms with E-state index in [0.717, 1.165) is 19.5 Å². The Balaban J connectivity index is 2.88. The van der Waals surface area contributed by atoms with Gasteiger partial charge < -0.3 is 5.32 Å². The molecule has 116 valence electrons. The molecular weight excluding hydrogens is 276 g/mol. The van der Waals surface area contributed by atoms with Crippen LogP contribution in [-0.4, -0.2) is 49.2 Å². The highest BCUT2D eigenvalue weighted by molar-refractivity contribution is 7.89. The molecule has 0 aliphatic heterocycles. The summed E-state index contributed by atoms with van der Waals surface area (Å²) in [5.74, 6) is 0. The summed E-state index contributed by atoms with van der Waals surface area (Å²) < 4.78 is 27.5. The number of aryl methyl sites for hydroxylation is 2. The lowest BCUT2D eigenvalue weighted by Gasteiger charge is -2.12. The third-order valence-electron chi connectivity index (χ3n) is 3.15. The monoisotopic (exact) mass is 302 g/mol. The maximum absolute atomic E-state index is 12.3. The Morgan fingerprint density at radius 1 is 1.30 bits per heavy atom. The first kappa shape index (κ1) is 17.1. The Labute approximate surface area is 122 Å². The van der Waals surface area contributed by atoms with Crippen LogP contribution in [-0.2, 0) is 16.6 Å². The molecule has 0 unspecified atom stereocenters. The van der Waals surface area contributed by atoms with Crippen molar-refractivity contribution in [3.63, 3.8) is 0 Å². The standard InChI is InChI=1S/C13H26N4O2S/c1-10(2)14-8-7-9-17-12(4)13(11(3)15-17)20(18,19)16(5)6/h10,14H,7-9H2,1-6H3. The zero-order chi connectivity index (χ0) is 15.5. The Morgan fingerprint density at radius 3 is 2.40 bits per heavy atom. The van der Waals surface area contributed by atoms with Crippen LogP contribution in [0.1, 0.15) is 31.7 Å². The molecule has 1 heterocycles. The van der Waals surface area contributed by atoms with Crippen molar-refractivity contribution in [1.82, 2.24) is 19.4 Å². The van der Waals surface area contributed by atoms with Crippen LogP contribution in [0.5, 0.6) is 0 Å². The predicted molar refractivity (Wildman–Crippen MR) is 80.3 cm³/mol. The number of aromatic nitrogens is 2. The second-order valence-electron chi connectivity index (χ2n) is 5.47. The SMILES string of the molecule is Cc1nn(CCCNC(C)C)c(C)c1S(=O)(=O)N(C)C. The first-order valence-electron chi connectivity index (χ1n) is 6.87. The minimum atomic E-state index is -3.43. The molecule has 0 saturated heterocycles. The molecule has 1 aromatic rings. The van der Waals surface area contributed by atoms with E-state index in [2.05, 4.69) is 24.3 Å². The summed E-state index contributed by atoms with van der Waals surface area (Å²) in [4.78, 5) is 0.333. The fourth-order valence-electron chi connectivity index (χ4n) is 2.07. The normalized spacial score (nSPS) is 12.6. The number of sulfonamides is 1. The maximum atomic E-state index is 12.3. The van der Waals surface area contributed by atoms with Crippen molar-refractivity contribution >= 4 is 10.0 Å². The fourth-order valence-corrected chi connectivity index (χ4v) is 3.33. The van der Waals surface area contributed by atoms with Gasteiger partial charge in [0.25, 0.3) is 0 Å². The largest absolute Gasteiger partial charge is 0.314 e. The number of nitrogens with one attached hydrogen (secondary N) is 1. The van der Waals surface area contributed by atoms with Gasteiger partial charge in [-0.3, -0.25) is 4.68 Å². The molecule has 0 radical (unpaired) electrons. The summed E-state index contributed by atoms with van der Waals surface area (Å²) in [6.07, 6.45) is 0.918. The molecule has 1 aromatic heterocycles. The number of hydrogen-bond acceptors (Lipinski definition) is 4. The second kappa shape index (κ2) is 6.69. The Bertz CT molecular complexity index is 547. The van der Waals surface area contributed by atoms with E-state index in [9.17, 15) is 8.42 Å². The third kappa shape index (κ3) is 3.80. The van der Waals surface area contributed by atoms with Gasteiger partial charge in [0.15, 0.2) is 0 Å². The van der Waals surface area contributed by atoms with Crippen molar-refractivity contribution in [3.05, 3.63) is 11.4 Å². The van der Waals surface area contributed by atoms with Gasteiger partial charge in [0.2, 0.25) is 10.0 Å². The van der Waals surface area contributed by atoms with Crippen molar-refractivity contribution < 1.29 is 8.42 Å². The average Bonchev–Trinajstić information content (AvgIpc) is 2.60. The predicted octanol–water partition coefficient (Wildman–Crippen LogP) is 1.14. The van der Waals surface area contributed by atoms with E-state index in [-0.39, 0.29) is 0 Å². The molecule has 1 rings (SSSR count). The Kier molecular flexibility index (Phi) is 5.73. The van der Waals surface area contributed by atoms with Gasteiger partial charge >= 0.3 is 0 Å². The van der Waals surface area contributed by atoms with E-state index in [1.54, 1.807) is 11.6 Å². The smallest absolute Gasteiger partial charge is 0.246 e. The Hall–Kier alpha value is -0.920. The van der Waals surface area contributed by atoms with Crippen molar-refractivity contribution in [2.75, 3.05) is 20.6 Å². The van der Waals surface area contributed by atoms with Crippen LogP contribution in [0.15, 0.2) is 4.90 Å². The lowest BCUT2D eigenvalue weighted by Crippen LogP contribution is -2.25. The molecule has 0 amide bonds. The average molecular weight is 302 g/mol. The van der Waals surface area contributed by atoms with Crippen LogP contribution in [0.25, 0.3) is 0 Å². The van der Waals surface area contributed by atoms with Crippen molar-refractivity contribution in [3.8, 4) is 0 Å². The maximum Gasteiger partial charge on any atom is 0.246 e. The number of hydrogen-bond donors (Lipinski definition) is 1. The summed E-state index contributed by atoms with van der Waals surface area (Å²) in [6.45, 7) is 9.37. The van der Waals surface area contributed by atoms with Gasteiger partial charge in [0.05, 0.1) is 11.4 Å². The van der Waals surface area contributed by atoms with Gasteiger partial charge in [-0.2, -0.15) is 5.10 Å². The molecule has 20 heavy (non-hydrogen) atoms. The number of nitrogens with zero attached hydrogens (tertiary/aromatic N) is 3. The third-order valence-corrected chi connectivity index (χ3v) is 5.22. The highest BCUT2D eigenvalue weighted by atomic mass is 32.2. The molecule has 1 N–H and O–H groups in total. The molecule has 7 heteroatoms. The first-order chi connectivity index (χ1) is 9.17. The van der Waals surface area contributed by atoms with Gasteiger partial charge in [0.1, 0.15) is 4.90 Å². The van der Waals surface area contributed by atoms with E-state index in [4.69, 9.17) is 0 Å². The summed E-state index contributed by atoms with van der Waals surface area (Å²) in [6, 6.07) is 0.458. The zero-order valence-electron chi connectivity index (χ0n) is 13.3. The van der Waals surface area contributed by atoms with Crippen molar-refractivity contribution in [2.24, 2.45) is 0 Å². The van der Waals surface area contributed by atoms with Gasteiger partial charge in [-0.15, -0.1) is 0 Å². The zero-order valence-corrected chi connectivity index (χ0v) is 14.1. The summed E-state index contributed by atoms with van der Waals surface area (Å²) in [5.41, 5.74) is 1.27. The molecule has 0 saturated carbocycles. The molecule has 6 nitrogen and oxygen atoms in total. The second-order valence-corrected chi connectivity index (χ2v) is 7.56. The van der Waals surface area contributed by atoms with Crippen LogP contribution in [0.4, 0.5) is 0 Å². The minimum absolute atomic E-state index is 0.333. The van der Waals surface area contributed by atoms with Gasteiger partial charge in [0, 0.05) is 26.7 Å². The van der Waals surface area contributed by atoms with Crippen LogP contribution >= 0.6 is 0 Å². The highest BCUT2D eigenvalue weighted by Gasteiger charge is 2.26. The molecule has 0 atom stereocenters. The first-order valence-corrected chi connectivity index (χ1v) is 8.31. The topological polar surface area (TPSA) is 67.2 Å². The van der Waals surface area contributed by atoms with Crippen LogP contribution in [0.3, 0.4) is 0 Å². The van der Waals surface area contributed by atoms with E-state index in [1.165, 1.54) is 18.4 Å². The number of rotatable bonds is 7. The lowest BCUT2D eigenvalue weighted by atomic mass is 10.3. The van der Waals surface area contributed by atoms with Crippen molar-refractivity contribution in [1.29, 1.82) is 0 Å². The quantitative estimate of drug-likeness (QED) is 0.767. The molecule has 0 bridgehead atoms. The minimum Gasteiger partial charge on any atom is -0.314 e. The summed E-state index contributed by atoms with van der Waals surface area (Å²) in [7, 11) is -0.347. The van der Waals surface area contributed by atoms with Gasteiger partial charge in [-0.1, -0.05) is 13.8 Å². The molecular formula is C13H26N4O2S. The van der Waals surface area contributed by atoms with Crippen LogP contribution in [0, 0.1) is 13.8 Å². The fraction of sp³-hybridized carbons (Fsp3) is 0.769. The highest BCUT2D eigenvalue weighted by Crippen LogP contribution is 2.21. The molecule has 0 aromatic carbocycles. The lowest BCUT2D eigenvalue weighted by molar-refractivity contribution is 0.504.